The second kappa shape index (κ2) is 9.82. The highest BCUT2D eigenvalue weighted by Crippen LogP contribution is 2.21. The Kier molecular flexibility index (Phi) is 7.17. The number of carbonyl (C=O) groups is 2. The Balaban J connectivity index is 1.81. The van der Waals surface area contributed by atoms with Crippen LogP contribution >= 0.6 is 23.4 Å². The van der Waals surface area contributed by atoms with Crippen LogP contribution in [0.2, 0.25) is 5.02 Å². The second-order valence-corrected chi connectivity index (χ2v) is 8.35. The number of hydrogen-bond acceptors (Lipinski definition) is 6. The van der Waals surface area contributed by atoms with Gasteiger partial charge in [-0.1, -0.05) is 37.2 Å². The summed E-state index contributed by atoms with van der Waals surface area (Å²) in [5.74, 6) is 0.258. The molecule has 0 radical (unpaired) electrons. The van der Waals surface area contributed by atoms with Crippen LogP contribution in [-0.4, -0.2) is 33.8 Å². The maximum Gasteiger partial charge on any atom is 0.321 e. The summed E-state index contributed by atoms with van der Waals surface area (Å²) in [5.41, 5.74) is 0.159. The molecule has 0 saturated heterocycles. The normalized spacial score (nSPS) is 11.1. The molecule has 0 spiro atoms. The molecule has 2 N–H and O–H groups in total. The summed E-state index contributed by atoms with van der Waals surface area (Å²) in [6, 6.07) is 7.76. The predicted octanol–water partition coefficient (Wildman–Crippen LogP) is 3.27. The molecule has 0 fully saturated rings. The van der Waals surface area contributed by atoms with Crippen molar-refractivity contribution in [3.8, 4) is 0 Å². The van der Waals surface area contributed by atoms with Gasteiger partial charge in [0.1, 0.15) is 5.76 Å². The topological polar surface area (TPSA) is 106 Å². The number of urea groups is 1. The monoisotopic (exact) mass is 448 g/mol. The maximum atomic E-state index is 13.0. The third kappa shape index (κ3) is 5.64. The lowest BCUT2D eigenvalue weighted by Crippen LogP contribution is -2.41. The van der Waals surface area contributed by atoms with E-state index in [0.29, 0.717) is 33.4 Å². The quantitative estimate of drug-likeness (QED) is 0.424. The lowest BCUT2D eigenvalue weighted by molar-refractivity contribution is -0.117. The third-order valence-corrected chi connectivity index (χ3v) is 5.24. The van der Waals surface area contributed by atoms with E-state index in [-0.39, 0.29) is 23.8 Å². The summed E-state index contributed by atoms with van der Waals surface area (Å²) >= 11 is 7.09. The van der Waals surface area contributed by atoms with Gasteiger partial charge in [0.05, 0.1) is 29.5 Å². The zero-order chi connectivity index (χ0) is 21.7. The van der Waals surface area contributed by atoms with E-state index in [0.717, 1.165) is 11.8 Å². The number of fused-ring (bicyclic) bond motifs is 1. The van der Waals surface area contributed by atoms with Crippen LogP contribution in [0.15, 0.2) is 51.0 Å². The van der Waals surface area contributed by atoms with E-state index in [2.05, 4.69) is 15.6 Å². The molecule has 2 aromatic heterocycles. The molecule has 30 heavy (non-hydrogen) atoms. The van der Waals surface area contributed by atoms with Gasteiger partial charge in [0, 0.05) is 11.6 Å². The maximum absolute atomic E-state index is 13.0. The number of carbonyl (C=O) groups excluding carboxylic acids is 2. The van der Waals surface area contributed by atoms with Gasteiger partial charge in [-0.3, -0.25) is 19.5 Å². The number of furan rings is 1. The molecule has 158 valence electrons. The number of nitrogens with zero attached hydrogens (tertiary/aromatic N) is 2. The molecule has 0 aliphatic rings. The lowest BCUT2D eigenvalue weighted by Gasteiger charge is -2.12. The van der Waals surface area contributed by atoms with E-state index in [1.165, 1.54) is 10.8 Å². The van der Waals surface area contributed by atoms with Crippen molar-refractivity contribution >= 4 is 46.2 Å². The van der Waals surface area contributed by atoms with E-state index in [4.69, 9.17) is 16.0 Å². The molecule has 3 aromatic rings. The van der Waals surface area contributed by atoms with Crippen LogP contribution in [0.25, 0.3) is 10.9 Å². The Hall–Kier alpha value is -2.78. The number of benzene rings is 1. The molecule has 1 aromatic carbocycles. The van der Waals surface area contributed by atoms with E-state index in [9.17, 15) is 14.4 Å². The average molecular weight is 449 g/mol. The molecular weight excluding hydrogens is 428 g/mol. The smallest absolute Gasteiger partial charge is 0.321 e. The first-order valence-electron chi connectivity index (χ1n) is 9.26. The van der Waals surface area contributed by atoms with Gasteiger partial charge in [-0.2, -0.15) is 0 Å². The van der Waals surface area contributed by atoms with Crippen molar-refractivity contribution in [3.05, 3.63) is 57.7 Å². The molecule has 0 aliphatic heterocycles. The van der Waals surface area contributed by atoms with Crippen molar-refractivity contribution in [2.75, 3.05) is 12.3 Å². The van der Waals surface area contributed by atoms with Gasteiger partial charge in [-0.05, 0) is 36.2 Å². The number of imide groups is 1. The highest BCUT2D eigenvalue weighted by Gasteiger charge is 2.16. The van der Waals surface area contributed by atoms with Gasteiger partial charge >= 0.3 is 6.03 Å². The van der Waals surface area contributed by atoms with Crippen LogP contribution in [0, 0.1) is 5.92 Å². The van der Waals surface area contributed by atoms with E-state index >= 15 is 0 Å². The zero-order valence-corrected chi connectivity index (χ0v) is 18.0. The van der Waals surface area contributed by atoms with E-state index in [1.54, 1.807) is 30.3 Å². The summed E-state index contributed by atoms with van der Waals surface area (Å²) in [6.45, 7) is 4.53. The van der Waals surface area contributed by atoms with Crippen LogP contribution in [0.5, 0.6) is 0 Å². The Morgan fingerprint density at radius 3 is 2.80 bits per heavy atom. The fourth-order valence-corrected chi connectivity index (χ4v) is 3.58. The Bertz CT molecular complexity index is 1110. The minimum atomic E-state index is -0.555. The first kappa shape index (κ1) is 21.9. The summed E-state index contributed by atoms with van der Waals surface area (Å²) in [4.78, 5) is 41.4. The van der Waals surface area contributed by atoms with Crippen LogP contribution < -0.4 is 16.2 Å². The summed E-state index contributed by atoms with van der Waals surface area (Å²) < 4.78 is 6.79. The number of hydrogen-bond donors (Lipinski definition) is 2. The first-order valence-corrected chi connectivity index (χ1v) is 10.6. The second-order valence-electron chi connectivity index (χ2n) is 6.97. The highest BCUT2D eigenvalue weighted by molar-refractivity contribution is 7.99. The molecule has 0 aliphatic carbocycles. The van der Waals surface area contributed by atoms with Crippen molar-refractivity contribution in [3.63, 3.8) is 0 Å². The van der Waals surface area contributed by atoms with Crippen LogP contribution in [0.1, 0.15) is 19.6 Å². The summed E-state index contributed by atoms with van der Waals surface area (Å²) in [7, 11) is 0. The number of nitrogens with one attached hydrogen (secondary N) is 2. The van der Waals surface area contributed by atoms with Gasteiger partial charge in [-0.15, -0.1) is 0 Å². The van der Waals surface area contributed by atoms with Crippen molar-refractivity contribution in [2.45, 2.75) is 25.5 Å². The van der Waals surface area contributed by atoms with E-state index in [1.807, 2.05) is 13.8 Å². The molecular formula is C20H21ClN4O4S. The predicted molar refractivity (Wildman–Crippen MR) is 116 cm³/mol. The lowest BCUT2D eigenvalue weighted by atomic mass is 10.2. The fourth-order valence-electron chi connectivity index (χ4n) is 2.62. The van der Waals surface area contributed by atoms with Crippen molar-refractivity contribution in [1.82, 2.24) is 20.2 Å². The molecule has 0 unspecified atom stereocenters. The Labute approximate surface area is 182 Å². The van der Waals surface area contributed by atoms with Gasteiger partial charge < -0.3 is 9.73 Å². The summed E-state index contributed by atoms with van der Waals surface area (Å²) in [5, 5.41) is 6.07. The van der Waals surface area contributed by atoms with Crippen LogP contribution in [0.3, 0.4) is 0 Å². The zero-order valence-electron chi connectivity index (χ0n) is 16.5. The van der Waals surface area contributed by atoms with Crippen molar-refractivity contribution in [2.24, 2.45) is 5.92 Å². The van der Waals surface area contributed by atoms with Gasteiger partial charge in [-0.25, -0.2) is 9.78 Å². The molecule has 0 atom stereocenters. The molecule has 2 heterocycles. The number of thioether (sulfide) groups is 1. The first-order chi connectivity index (χ1) is 14.3. The van der Waals surface area contributed by atoms with Gasteiger partial charge in [0.15, 0.2) is 5.16 Å². The number of halogens is 1. The highest BCUT2D eigenvalue weighted by atomic mass is 35.5. The van der Waals surface area contributed by atoms with Crippen molar-refractivity contribution in [1.29, 1.82) is 0 Å². The number of amides is 3. The number of rotatable bonds is 7. The Morgan fingerprint density at radius 1 is 1.30 bits per heavy atom. The van der Waals surface area contributed by atoms with E-state index < -0.39 is 11.9 Å². The molecule has 8 nitrogen and oxygen atoms in total. The van der Waals surface area contributed by atoms with Crippen LogP contribution in [-0.2, 0) is 11.3 Å². The minimum Gasteiger partial charge on any atom is -0.467 e. The largest absolute Gasteiger partial charge is 0.467 e. The minimum absolute atomic E-state index is 0.0915. The fraction of sp³-hybridized carbons (Fsp3) is 0.300. The molecule has 3 amide bonds. The average Bonchev–Trinajstić information content (AvgIpc) is 3.20. The molecule has 0 bridgehead atoms. The van der Waals surface area contributed by atoms with Crippen LogP contribution in [0.4, 0.5) is 4.79 Å². The van der Waals surface area contributed by atoms with Crippen molar-refractivity contribution < 1.29 is 14.0 Å². The molecule has 3 rings (SSSR count). The third-order valence-electron chi connectivity index (χ3n) is 4.03. The summed E-state index contributed by atoms with van der Waals surface area (Å²) in [6.07, 6.45) is 1.52. The molecule has 10 heteroatoms. The molecule has 0 saturated carbocycles. The Morgan fingerprint density at radius 2 is 2.10 bits per heavy atom. The van der Waals surface area contributed by atoms with Gasteiger partial charge in [0.25, 0.3) is 5.56 Å². The SMILES string of the molecule is CC(C)CNC(=O)NC(=O)CSc1nc2cc(Cl)ccc2c(=O)n1Cc1ccco1. The number of aromatic nitrogens is 2. The standard InChI is InChI=1S/C20H21ClN4O4S/c1-12(2)9-22-19(28)24-17(26)11-30-20-23-16-8-13(21)5-6-15(16)18(27)25(20)10-14-4-3-7-29-14/h3-8,12H,9-11H2,1-2H3,(H2,22,24,26,28). The van der Waals surface area contributed by atoms with Gasteiger partial charge in [0.2, 0.25) is 5.91 Å².